The summed E-state index contributed by atoms with van der Waals surface area (Å²) in [4.78, 5) is 12.2. The quantitative estimate of drug-likeness (QED) is 0.876. The Balaban J connectivity index is 1.97. The molecule has 0 bridgehead atoms. The minimum Gasteiger partial charge on any atom is -0.491 e. The Morgan fingerprint density at radius 1 is 1.37 bits per heavy atom. The molecular weight excluding hydrogens is 240 g/mol. The van der Waals surface area contributed by atoms with E-state index in [4.69, 9.17) is 4.74 Å². The van der Waals surface area contributed by atoms with Gasteiger partial charge in [-0.15, -0.1) is 0 Å². The summed E-state index contributed by atoms with van der Waals surface area (Å²) in [6.07, 6.45) is 2.08. The zero-order valence-electron chi connectivity index (χ0n) is 11.8. The molecule has 0 spiro atoms. The summed E-state index contributed by atoms with van der Waals surface area (Å²) in [5, 5.41) is 6.20. The van der Waals surface area contributed by atoms with Crippen molar-refractivity contribution in [2.75, 3.05) is 11.9 Å². The van der Waals surface area contributed by atoms with Crippen LogP contribution in [0, 0.1) is 0 Å². The minimum absolute atomic E-state index is 0.0301. The van der Waals surface area contributed by atoms with Gasteiger partial charge in [-0.1, -0.05) is 0 Å². The van der Waals surface area contributed by atoms with Crippen molar-refractivity contribution in [1.82, 2.24) is 5.32 Å². The lowest BCUT2D eigenvalue weighted by Gasteiger charge is -2.23. The van der Waals surface area contributed by atoms with Crippen LogP contribution in [0.15, 0.2) is 24.3 Å². The number of hydrogen-bond acceptors (Lipinski definition) is 3. The monoisotopic (exact) mass is 262 g/mol. The van der Waals surface area contributed by atoms with Crippen molar-refractivity contribution in [3.63, 3.8) is 0 Å². The van der Waals surface area contributed by atoms with Gasteiger partial charge in [-0.2, -0.15) is 0 Å². The van der Waals surface area contributed by atoms with Crippen LogP contribution in [0.3, 0.4) is 0 Å². The van der Waals surface area contributed by atoms with Gasteiger partial charge in [0.25, 0.3) is 0 Å². The lowest BCUT2D eigenvalue weighted by atomic mass is 9.99. The lowest BCUT2D eigenvalue weighted by Crippen LogP contribution is -2.47. The van der Waals surface area contributed by atoms with Crippen LogP contribution in [0.1, 0.15) is 33.6 Å². The highest BCUT2D eigenvalue weighted by molar-refractivity contribution is 5.98. The van der Waals surface area contributed by atoms with E-state index in [0.717, 1.165) is 30.8 Å². The van der Waals surface area contributed by atoms with Gasteiger partial charge in [0.15, 0.2) is 0 Å². The van der Waals surface area contributed by atoms with Crippen LogP contribution in [0.5, 0.6) is 5.75 Å². The third-order valence-corrected chi connectivity index (χ3v) is 3.35. The van der Waals surface area contributed by atoms with Gasteiger partial charge in [-0.05, 0) is 64.4 Å². The first kappa shape index (κ1) is 13.9. The molecule has 0 radical (unpaired) electrons. The highest BCUT2D eigenvalue weighted by Gasteiger charge is 2.35. The average molecular weight is 262 g/mol. The topological polar surface area (TPSA) is 50.4 Å². The molecule has 1 atom stereocenters. The van der Waals surface area contributed by atoms with Gasteiger partial charge in [0.1, 0.15) is 5.75 Å². The third-order valence-electron chi connectivity index (χ3n) is 3.35. The second-order valence-corrected chi connectivity index (χ2v) is 5.51. The van der Waals surface area contributed by atoms with E-state index in [1.54, 1.807) is 0 Å². The summed E-state index contributed by atoms with van der Waals surface area (Å²) >= 11 is 0. The van der Waals surface area contributed by atoms with Crippen LogP contribution in [-0.4, -0.2) is 24.1 Å². The van der Waals surface area contributed by atoms with E-state index in [1.165, 1.54) is 0 Å². The number of nitrogens with one attached hydrogen (secondary N) is 2. The fourth-order valence-electron chi connectivity index (χ4n) is 2.25. The number of hydrogen-bond donors (Lipinski definition) is 2. The first-order valence-corrected chi connectivity index (χ1v) is 6.83. The summed E-state index contributed by atoms with van der Waals surface area (Å²) in [5.74, 6) is 0.848. The van der Waals surface area contributed by atoms with Crippen LogP contribution in [-0.2, 0) is 4.79 Å². The Bertz CT molecular complexity index is 434. The van der Waals surface area contributed by atoms with Crippen LogP contribution in [0.4, 0.5) is 5.69 Å². The molecule has 1 heterocycles. The molecule has 2 rings (SSSR count). The van der Waals surface area contributed by atoms with Crippen LogP contribution in [0.25, 0.3) is 0 Å². The molecule has 1 saturated heterocycles. The molecule has 1 aliphatic heterocycles. The molecule has 0 saturated carbocycles. The van der Waals surface area contributed by atoms with E-state index in [9.17, 15) is 4.79 Å². The number of benzene rings is 1. The smallest absolute Gasteiger partial charge is 0.244 e. The van der Waals surface area contributed by atoms with Crippen molar-refractivity contribution in [1.29, 1.82) is 0 Å². The maximum Gasteiger partial charge on any atom is 0.244 e. The Morgan fingerprint density at radius 2 is 2.05 bits per heavy atom. The van der Waals surface area contributed by atoms with Crippen molar-refractivity contribution in [3.05, 3.63) is 24.3 Å². The SMILES string of the molecule is CC(C)Oc1ccc(NC(=O)C2(C)CCCN2)cc1. The van der Waals surface area contributed by atoms with E-state index in [-0.39, 0.29) is 12.0 Å². The van der Waals surface area contributed by atoms with Gasteiger partial charge in [0.05, 0.1) is 11.6 Å². The van der Waals surface area contributed by atoms with Crippen molar-refractivity contribution in [2.45, 2.75) is 45.3 Å². The molecule has 1 amide bonds. The number of carbonyl (C=O) groups is 1. The summed E-state index contributed by atoms with van der Waals surface area (Å²) in [7, 11) is 0. The minimum atomic E-state index is -0.437. The Hall–Kier alpha value is -1.55. The van der Waals surface area contributed by atoms with E-state index >= 15 is 0 Å². The normalized spacial score (nSPS) is 22.5. The van der Waals surface area contributed by atoms with E-state index < -0.39 is 5.54 Å². The standard InChI is InChI=1S/C15H22N2O2/c1-11(2)19-13-7-5-12(6-8-13)17-14(18)15(3)9-4-10-16-15/h5-8,11,16H,4,9-10H2,1-3H3,(H,17,18). The molecular formula is C15H22N2O2. The molecule has 104 valence electrons. The molecule has 1 aromatic rings. The number of amides is 1. The van der Waals surface area contributed by atoms with E-state index in [2.05, 4.69) is 10.6 Å². The van der Waals surface area contributed by atoms with Gasteiger partial charge in [-0.25, -0.2) is 0 Å². The summed E-state index contributed by atoms with van der Waals surface area (Å²) in [5.41, 5.74) is 0.364. The zero-order valence-corrected chi connectivity index (χ0v) is 11.8. The van der Waals surface area contributed by atoms with Crippen LogP contribution in [0.2, 0.25) is 0 Å². The summed E-state index contributed by atoms with van der Waals surface area (Å²) in [6, 6.07) is 7.49. The second kappa shape index (κ2) is 5.61. The molecule has 1 aromatic carbocycles. The van der Waals surface area contributed by atoms with Crippen LogP contribution >= 0.6 is 0 Å². The molecule has 0 aromatic heterocycles. The Kier molecular flexibility index (Phi) is 4.10. The predicted molar refractivity (Wildman–Crippen MR) is 76.5 cm³/mol. The van der Waals surface area contributed by atoms with Crippen molar-refractivity contribution >= 4 is 11.6 Å². The highest BCUT2D eigenvalue weighted by atomic mass is 16.5. The molecule has 4 heteroatoms. The van der Waals surface area contributed by atoms with Crippen LogP contribution < -0.4 is 15.4 Å². The van der Waals surface area contributed by atoms with Gasteiger partial charge in [-0.3, -0.25) is 4.79 Å². The van der Waals surface area contributed by atoms with E-state index in [0.29, 0.717) is 0 Å². The van der Waals surface area contributed by atoms with Crippen molar-refractivity contribution < 1.29 is 9.53 Å². The summed E-state index contributed by atoms with van der Waals surface area (Å²) < 4.78 is 5.57. The molecule has 1 aliphatic rings. The first-order chi connectivity index (χ1) is 8.99. The first-order valence-electron chi connectivity index (χ1n) is 6.83. The maximum absolute atomic E-state index is 12.2. The summed E-state index contributed by atoms with van der Waals surface area (Å²) in [6.45, 7) is 6.83. The average Bonchev–Trinajstić information content (AvgIpc) is 2.79. The van der Waals surface area contributed by atoms with Gasteiger partial charge in [0.2, 0.25) is 5.91 Å². The highest BCUT2D eigenvalue weighted by Crippen LogP contribution is 2.22. The van der Waals surface area contributed by atoms with Gasteiger partial charge < -0.3 is 15.4 Å². The second-order valence-electron chi connectivity index (χ2n) is 5.51. The molecule has 1 unspecified atom stereocenters. The zero-order chi connectivity index (χ0) is 13.9. The predicted octanol–water partition coefficient (Wildman–Crippen LogP) is 2.55. The maximum atomic E-state index is 12.2. The van der Waals surface area contributed by atoms with Crippen molar-refractivity contribution in [3.8, 4) is 5.75 Å². The molecule has 0 aliphatic carbocycles. The molecule has 1 fully saturated rings. The lowest BCUT2D eigenvalue weighted by molar-refractivity contribution is -0.121. The largest absolute Gasteiger partial charge is 0.491 e. The third kappa shape index (κ3) is 3.47. The Morgan fingerprint density at radius 3 is 2.58 bits per heavy atom. The van der Waals surface area contributed by atoms with Gasteiger partial charge in [0, 0.05) is 5.69 Å². The number of carbonyl (C=O) groups excluding carboxylic acids is 1. The number of anilines is 1. The number of rotatable bonds is 4. The molecule has 4 nitrogen and oxygen atoms in total. The van der Waals surface area contributed by atoms with Gasteiger partial charge >= 0.3 is 0 Å². The van der Waals surface area contributed by atoms with E-state index in [1.807, 2.05) is 45.0 Å². The van der Waals surface area contributed by atoms with Crippen molar-refractivity contribution in [2.24, 2.45) is 0 Å². The fourth-order valence-corrected chi connectivity index (χ4v) is 2.25. The fraction of sp³-hybridized carbons (Fsp3) is 0.533. The molecule has 19 heavy (non-hydrogen) atoms. The molecule has 2 N–H and O–H groups in total. The number of ether oxygens (including phenoxy) is 1. The Labute approximate surface area is 114 Å².